The average molecular weight is 326 g/mol. The summed E-state index contributed by atoms with van der Waals surface area (Å²) in [6.07, 6.45) is 3.24. The number of benzene rings is 1. The predicted molar refractivity (Wildman–Crippen MR) is 75.7 cm³/mol. The fourth-order valence-electron chi connectivity index (χ4n) is 2.77. The van der Waals surface area contributed by atoms with Crippen molar-refractivity contribution in [2.45, 2.75) is 31.6 Å². The molecule has 19 heavy (non-hydrogen) atoms. The third kappa shape index (κ3) is 3.62. The Balaban J connectivity index is 2.26. The van der Waals surface area contributed by atoms with Gasteiger partial charge in [-0.25, -0.2) is 0 Å². The third-order valence-corrected chi connectivity index (χ3v) is 4.26. The number of ketones is 1. The molecule has 1 aromatic carbocycles. The van der Waals surface area contributed by atoms with Crippen molar-refractivity contribution >= 4 is 21.7 Å². The van der Waals surface area contributed by atoms with E-state index in [1.807, 2.05) is 24.3 Å². The lowest BCUT2D eigenvalue weighted by Crippen LogP contribution is -2.30. The zero-order valence-corrected chi connectivity index (χ0v) is 12.1. The maximum atomic E-state index is 12.0. The van der Waals surface area contributed by atoms with E-state index in [9.17, 15) is 14.9 Å². The first-order valence-electron chi connectivity index (χ1n) is 6.48. The molecule has 0 saturated heterocycles. The molecule has 0 aliphatic heterocycles. The van der Waals surface area contributed by atoms with E-state index >= 15 is 0 Å². The predicted octanol–water partition coefficient (Wildman–Crippen LogP) is 3.57. The van der Waals surface area contributed by atoms with Crippen molar-refractivity contribution in [3.8, 4) is 0 Å². The summed E-state index contributed by atoms with van der Waals surface area (Å²) in [5, 5.41) is 10.9. The van der Waals surface area contributed by atoms with Crippen molar-refractivity contribution in [3.05, 3.63) is 44.4 Å². The molecule has 1 aliphatic carbocycles. The monoisotopic (exact) mass is 325 g/mol. The molecule has 0 bridgehead atoms. The molecule has 0 unspecified atom stereocenters. The van der Waals surface area contributed by atoms with E-state index in [-0.39, 0.29) is 29.1 Å². The van der Waals surface area contributed by atoms with E-state index < -0.39 is 0 Å². The van der Waals surface area contributed by atoms with Crippen LogP contribution >= 0.6 is 15.9 Å². The Labute approximate surface area is 120 Å². The Hall–Kier alpha value is -1.23. The molecular formula is C14H16BrNO3. The van der Waals surface area contributed by atoms with Crippen LogP contribution in [0.15, 0.2) is 28.7 Å². The van der Waals surface area contributed by atoms with Gasteiger partial charge in [0.1, 0.15) is 5.78 Å². The van der Waals surface area contributed by atoms with Gasteiger partial charge in [-0.2, -0.15) is 0 Å². The second-order valence-electron chi connectivity index (χ2n) is 4.99. The first kappa shape index (κ1) is 14.2. The SMILES string of the molecule is O=C1CCCC[C@H]1[C@@H](C[N+](=O)[O-])c1ccc(Br)cc1. The molecule has 1 saturated carbocycles. The van der Waals surface area contributed by atoms with Gasteiger partial charge in [0.15, 0.2) is 0 Å². The van der Waals surface area contributed by atoms with Crippen molar-refractivity contribution in [2.75, 3.05) is 6.54 Å². The largest absolute Gasteiger partial charge is 0.299 e. The molecule has 0 N–H and O–H groups in total. The van der Waals surface area contributed by atoms with Crippen molar-refractivity contribution in [2.24, 2.45) is 5.92 Å². The van der Waals surface area contributed by atoms with Crippen LogP contribution in [-0.4, -0.2) is 17.3 Å². The van der Waals surface area contributed by atoms with E-state index in [1.54, 1.807) is 0 Å². The molecule has 1 aromatic rings. The van der Waals surface area contributed by atoms with Crippen LogP contribution in [0, 0.1) is 16.0 Å². The molecule has 2 atom stereocenters. The molecule has 1 aliphatic rings. The van der Waals surface area contributed by atoms with Gasteiger partial charge in [-0.15, -0.1) is 0 Å². The lowest BCUT2D eigenvalue weighted by atomic mass is 9.76. The average Bonchev–Trinajstić information content (AvgIpc) is 2.38. The number of carbonyl (C=O) groups is 1. The number of carbonyl (C=O) groups excluding carboxylic acids is 1. The lowest BCUT2D eigenvalue weighted by Gasteiger charge is -2.27. The van der Waals surface area contributed by atoms with E-state index in [0.29, 0.717) is 6.42 Å². The number of hydrogen-bond donors (Lipinski definition) is 0. The maximum absolute atomic E-state index is 12.0. The highest BCUT2D eigenvalue weighted by atomic mass is 79.9. The molecule has 0 amide bonds. The standard InChI is InChI=1S/C14H16BrNO3/c15-11-7-5-10(6-8-11)13(9-16(18)19)12-3-1-2-4-14(12)17/h5-8,12-13H,1-4,9H2/t12-,13-/m0/s1. The first-order chi connectivity index (χ1) is 9.08. The summed E-state index contributed by atoms with van der Waals surface area (Å²) < 4.78 is 0.936. The summed E-state index contributed by atoms with van der Waals surface area (Å²) in [6.45, 7) is -0.169. The Morgan fingerprint density at radius 1 is 1.32 bits per heavy atom. The van der Waals surface area contributed by atoms with Gasteiger partial charge in [0.05, 0.1) is 5.92 Å². The van der Waals surface area contributed by atoms with Gasteiger partial charge in [0, 0.05) is 21.7 Å². The zero-order chi connectivity index (χ0) is 13.8. The number of nitrogens with zero attached hydrogens (tertiary/aromatic N) is 1. The molecule has 5 heteroatoms. The maximum Gasteiger partial charge on any atom is 0.211 e. The Kier molecular flexibility index (Phi) is 4.69. The van der Waals surface area contributed by atoms with Gasteiger partial charge >= 0.3 is 0 Å². The van der Waals surface area contributed by atoms with Crippen molar-refractivity contribution < 1.29 is 9.72 Å². The van der Waals surface area contributed by atoms with Crippen LogP contribution in [0.3, 0.4) is 0 Å². The number of halogens is 1. The number of Topliss-reactive ketones (excluding diaryl/α,β-unsaturated/α-hetero) is 1. The van der Waals surface area contributed by atoms with E-state index in [0.717, 1.165) is 29.3 Å². The zero-order valence-electron chi connectivity index (χ0n) is 10.5. The van der Waals surface area contributed by atoms with Gasteiger partial charge in [-0.1, -0.05) is 34.5 Å². The number of rotatable bonds is 4. The second-order valence-corrected chi connectivity index (χ2v) is 5.91. The summed E-state index contributed by atoms with van der Waals surface area (Å²) >= 11 is 3.35. The van der Waals surface area contributed by atoms with Crippen LogP contribution in [0.2, 0.25) is 0 Å². The van der Waals surface area contributed by atoms with E-state index in [4.69, 9.17) is 0 Å². The Bertz CT molecular complexity index is 472. The summed E-state index contributed by atoms with van der Waals surface area (Å²) in [5.41, 5.74) is 0.889. The van der Waals surface area contributed by atoms with Crippen LogP contribution in [0.5, 0.6) is 0 Å². The van der Waals surface area contributed by atoms with Gasteiger partial charge in [0.25, 0.3) is 0 Å². The number of nitro groups is 1. The fourth-order valence-corrected chi connectivity index (χ4v) is 3.04. The molecule has 0 aromatic heterocycles. The molecule has 0 spiro atoms. The minimum absolute atomic E-state index is 0.169. The normalized spacial score (nSPS) is 21.1. The summed E-state index contributed by atoms with van der Waals surface area (Å²) in [4.78, 5) is 22.6. The molecule has 4 nitrogen and oxygen atoms in total. The Morgan fingerprint density at radius 2 is 2.00 bits per heavy atom. The first-order valence-corrected chi connectivity index (χ1v) is 7.27. The van der Waals surface area contributed by atoms with Crippen molar-refractivity contribution in [3.63, 3.8) is 0 Å². The highest BCUT2D eigenvalue weighted by Gasteiger charge is 2.34. The highest BCUT2D eigenvalue weighted by Crippen LogP contribution is 2.34. The third-order valence-electron chi connectivity index (χ3n) is 3.73. The lowest BCUT2D eigenvalue weighted by molar-refractivity contribution is -0.484. The van der Waals surface area contributed by atoms with Gasteiger partial charge in [-0.05, 0) is 30.5 Å². The minimum Gasteiger partial charge on any atom is -0.299 e. The fraction of sp³-hybridized carbons (Fsp3) is 0.500. The number of hydrogen-bond acceptors (Lipinski definition) is 3. The summed E-state index contributed by atoms with van der Waals surface area (Å²) in [6, 6.07) is 7.49. The van der Waals surface area contributed by atoms with Gasteiger partial charge < -0.3 is 0 Å². The van der Waals surface area contributed by atoms with Crippen LogP contribution in [0.1, 0.15) is 37.2 Å². The smallest absolute Gasteiger partial charge is 0.211 e. The van der Waals surface area contributed by atoms with Crippen LogP contribution < -0.4 is 0 Å². The highest BCUT2D eigenvalue weighted by molar-refractivity contribution is 9.10. The van der Waals surface area contributed by atoms with Crippen LogP contribution in [0.4, 0.5) is 0 Å². The van der Waals surface area contributed by atoms with Crippen LogP contribution in [0.25, 0.3) is 0 Å². The quantitative estimate of drug-likeness (QED) is 0.628. The summed E-state index contributed by atoms with van der Waals surface area (Å²) in [5.74, 6) is -0.308. The molecule has 2 rings (SSSR count). The molecular weight excluding hydrogens is 310 g/mol. The molecule has 0 radical (unpaired) electrons. The molecule has 102 valence electrons. The minimum atomic E-state index is -0.311. The van der Waals surface area contributed by atoms with Crippen LogP contribution in [-0.2, 0) is 4.79 Å². The second kappa shape index (κ2) is 6.28. The molecule has 1 fully saturated rings. The van der Waals surface area contributed by atoms with Gasteiger partial charge in [-0.3, -0.25) is 14.9 Å². The molecule has 0 heterocycles. The van der Waals surface area contributed by atoms with Gasteiger partial charge in [0.2, 0.25) is 6.54 Å². The topological polar surface area (TPSA) is 60.2 Å². The van der Waals surface area contributed by atoms with Crippen molar-refractivity contribution in [1.29, 1.82) is 0 Å². The van der Waals surface area contributed by atoms with Crippen molar-refractivity contribution in [1.82, 2.24) is 0 Å². The van der Waals surface area contributed by atoms with E-state index in [1.165, 1.54) is 0 Å². The summed E-state index contributed by atoms with van der Waals surface area (Å²) in [7, 11) is 0. The Morgan fingerprint density at radius 3 is 2.58 bits per heavy atom. The van der Waals surface area contributed by atoms with E-state index in [2.05, 4.69) is 15.9 Å².